The van der Waals surface area contributed by atoms with Crippen molar-refractivity contribution in [3.63, 3.8) is 0 Å². The van der Waals surface area contributed by atoms with Gasteiger partial charge in [0.1, 0.15) is 0 Å². The maximum atomic E-state index is 12.3. The maximum absolute atomic E-state index is 12.3. The molecule has 4 nitrogen and oxygen atoms in total. The summed E-state index contributed by atoms with van der Waals surface area (Å²) in [4.78, 5) is 0.146. The predicted octanol–water partition coefficient (Wildman–Crippen LogP) is 2.07. The first kappa shape index (κ1) is 14.9. The molecule has 0 amide bonds. The standard InChI is InChI=1S/C10H14BrClN2O2S/c1-7(6-13)14(2)17(15,16)9-5-3-4-8(12)10(9)11/h3-5,7H,6,13H2,1-2H3. The van der Waals surface area contributed by atoms with E-state index in [4.69, 9.17) is 17.3 Å². The molecule has 0 fully saturated rings. The smallest absolute Gasteiger partial charge is 0.244 e. The van der Waals surface area contributed by atoms with Crippen molar-refractivity contribution in [1.29, 1.82) is 0 Å². The first-order valence-electron chi connectivity index (χ1n) is 4.94. The fraction of sp³-hybridized carbons (Fsp3) is 0.400. The van der Waals surface area contributed by atoms with E-state index in [0.29, 0.717) is 9.50 Å². The van der Waals surface area contributed by atoms with Crippen LogP contribution in [0.25, 0.3) is 0 Å². The minimum Gasteiger partial charge on any atom is -0.329 e. The van der Waals surface area contributed by atoms with E-state index in [1.165, 1.54) is 17.4 Å². The molecule has 1 aromatic carbocycles. The SMILES string of the molecule is CC(CN)N(C)S(=O)(=O)c1cccc(Cl)c1Br. The first-order chi connectivity index (χ1) is 7.82. The van der Waals surface area contributed by atoms with Gasteiger partial charge in [0.25, 0.3) is 0 Å². The van der Waals surface area contributed by atoms with Crippen LogP contribution in [0.15, 0.2) is 27.6 Å². The van der Waals surface area contributed by atoms with Gasteiger partial charge in [0, 0.05) is 19.6 Å². The van der Waals surface area contributed by atoms with Gasteiger partial charge >= 0.3 is 0 Å². The number of hydrogen-bond donors (Lipinski definition) is 1. The van der Waals surface area contributed by atoms with Crippen molar-refractivity contribution in [3.05, 3.63) is 27.7 Å². The number of benzene rings is 1. The topological polar surface area (TPSA) is 63.4 Å². The van der Waals surface area contributed by atoms with Gasteiger partial charge in [-0.2, -0.15) is 4.31 Å². The van der Waals surface area contributed by atoms with Crippen molar-refractivity contribution in [2.24, 2.45) is 5.73 Å². The zero-order valence-electron chi connectivity index (χ0n) is 9.52. The number of sulfonamides is 1. The summed E-state index contributed by atoms with van der Waals surface area (Å²) >= 11 is 9.07. The molecular weight excluding hydrogens is 328 g/mol. The molecule has 0 aliphatic rings. The molecule has 7 heteroatoms. The monoisotopic (exact) mass is 340 g/mol. The second-order valence-corrected chi connectivity index (χ2v) is 6.82. The highest BCUT2D eigenvalue weighted by molar-refractivity contribution is 9.10. The van der Waals surface area contributed by atoms with Crippen LogP contribution in [0, 0.1) is 0 Å². The molecule has 1 rings (SSSR count). The molecule has 0 saturated carbocycles. The van der Waals surface area contributed by atoms with Gasteiger partial charge in [-0.3, -0.25) is 0 Å². The van der Waals surface area contributed by atoms with Gasteiger partial charge in [0.2, 0.25) is 10.0 Å². The lowest BCUT2D eigenvalue weighted by Gasteiger charge is -2.23. The Kier molecular flexibility index (Phi) is 4.97. The summed E-state index contributed by atoms with van der Waals surface area (Å²) in [6.07, 6.45) is 0. The van der Waals surface area contributed by atoms with Crippen LogP contribution in [-0.4, -0.2) is 32.4 Å². The lowest BCUT2D eigenvalue weighted by atomic mass is 10.4. The summed E-state index contributed by atoms with van der Waals surface area (Å²) in [5, 5.41) is 0.361. The van der Waals surface area contributed by atoms with Crippen molar-refractivity contribution in [1.82, 2.24) is 4.31 Å². The summed E-state index contributed by atoms with van der Waals surface area (Å²) in [5.41, 5.74) is 5.47. The first-order valence-corrected chi connectivity index (χ1v) is 7.55. The van der Waals surface area contributed by atoms with Crippen LogP contribution >= 0.6 is 27.5 Å². The van der Waals surface area contributed by atoms with Gasteiger partial charge in [0.15, 0.2) is 0 Å². The normalized spacial score (nSPS) is 14.0. The van der Waals surface area contributed by atoms with Gasteiger partial charge < -0.3 is 5.73 Å². The lowest BCUT2D eigenvalue weighted by Crippen LogP contribution is -2.39. The van der Waals surface area contributed by atoms with Crippen LogP contribution in [0.4, 0.5) is 0 Å². The molecule has 0 heterocycles. The zero-order valence-corrected chi connectivity index (χ0v) is 12.7. The molecule has 0 spiro atoms. The number of rotatable bonds is 4. The molecule has 1 aromatic rings. The summed E-state index contributed by atoms with van der Waals surface area (Å²) in [6.45, 7) is 2.00. The Morgan fingerprint density at radius 2 is 2.12 bits per heavy atom. The average Bonchev–Trinajstić information content (AvgIpc) is 2.30. The van der Waals surface area contributed by atoms with E-state index in [1.54, 1.807) is 19.1 Å². The summed E-state index contributed by atoms with van der Waals surface area (Å²) in [7, 11) is -2.08. The molecule has 0 aliphatic heterocycles. The van der Waals surface area contributed by atoms with E-state index in [1.807, 2.05) is 0 Å². The summed E-state index contributed by atoms with van der Waals surface area (Å²) in [5.74, 6) is 0. The molecule has 0 saturated heterocycles. The molecule has 1 unspecified atom stereocenters. The molecular formula is C10H14BrClN2O2S. The number of halogens is 2. The number of likely N-dealkylation sites (N-methyl/N-ethyl adjacent to an activating group) is 1. The molecule has 17 heavy (non-hydrogen) atoms. The third-order valence-electron chi connectivity index (χ3n) is 2.54. The largest absolute Gasteiger partial charge is 0.329 e. The second kappa shape index (κ2) is 5.67. The molecule has 0 radical (unpaired) electrons. The van der Waals surface area contributed by atoms with Crippen LogP contribution in [0.3, 0.4) is 0 Å². The van der Waals surface area contributed by atoms with Crippen LogP contribution in [-0.2, 0) is 10.0 Å². The third kappa shape index (κ3) is 3.00. The van der Waals surface area contributed by atoms with E-state index in [2.05, 4.69) is 15.9 Å². The van der Waals surface area contributed by atoms with E-state index in [9.17, 15) is 8.42 Å². The van der Waals surface area contributed by atoms with Crippen LogP contribution in [0.2, 0.25) is 5.02 Å². The summed E-state index contributed by atoms with van der Waals surface area (Å²) < 4.78 is 26.2. The fourth-order valence-electron chi connectivity index (χ4n) is 1.22. The highest BCUT2D eigenvalue weighted by atomic mass is 79.9. The number of nitrogens with two attached hydrogens (primary N) is 1. The minimum absolute atomic E-state index is 0.146. The van der Waals surface area contributed by atoms with Crippen molar-refractivity contribution in [2.45, 2.75) is 17.9 Å². The molecule has 0 aromatic heterocycles. The van der Waals surface area contributed by atoms with Crippen LogP contribution in [0.5, 0.6) is 0 Å². The molecule has 96 valence electrons. The van der Waals surface area contributed by atoms with Crippen LogP contribution < -0.4 is 5.73 Å². The van der Waals surface area contributed by atoms with E-state index < -0.39 is 10.0 Å². The predicted molar refractivity (Wildman–Crippen MR) is 72.6 cm³/mol. The molecule has 0 aliphatic carbocycles. The molecule has 2 N–H and O–H groups in total. The second-order valence-electron chi connectivity index (χ2n) is 3.66. The number of hydrogen-bond acceptors (Lipinski definition) is 3. The van der Waals surface area contributed by atoms with E-state index >= 15 is 0 Å². The van der Waals surface area contributed by atoms with Crippen molar-refractivity contribution >= 4 is 37.6 Å². The molecule has 1 atom stereocenters. The van der Waals surface area contributed by atoms with E-state index in [0.717, 1.165) is 0 Å². The Balaban J connectivity index is 3.27. The van der Waals surface area contributed by atoms with Crippen molar-refractivity contribution < 1.29 is 8.42 Å². The van der Waals surface area contributed by atoms with Crippen molar-refractivity contribution in [3.8, 4) is 0 Å². The Bertz CT molecular complexity index is 507. The Hall–Kier alpha value is -0.140. The number of nitrogens with zero attached hydrogens (tertiary/aromatic N) is 1. The van der Waals surface area contributed by atoms with Gasteiger partial charge in [-0.05, 0) is 35.0 Å². The molecule has 0 bridgehead atoms. The Morgan fingerprint density at radius 1 is 1.53 bits per heavy atom. The lowest BCUT2D eigenvalue weighted by molar-refractivity contribution is 0.394. The summed E-state index contributed by atoms with van der Waals surface area (Å²) in [6, 6.07) is 4.45. The highest BCUT2D eigenvalue weighted by Crippen LogP contribution is 2.31. The van der Waals surface area contributed by atoms with Gasteiger partial charge in [0.05, 0.1) is 14.4 Å². The highest BCUT2D eigenvalue weighted by Gasteiger charge is 2.27. The van der Waals surface area contributed by atoms with Gasteiger partial charge in [-0.15, -0.1) is 0 Å². The zero-order chi connectivity index (χ0) is 13.2. The Morgan fingerprint density at radius 3 is 2.65 bits per heavy atom. The quantitative estimate of drug-likeness (QED) is 0.912. The third-order valence-corrected chi connectivity index (χ3v) is 6.21. The average molecular weight is 342 g/mol. The van der Waals surface area contributed by atoms with Gasteiger partial charge in [-0.25, -0.2) is 8.42 Å². The van der Waals surface area contributed by atoms with Gasteiger partial charge in [-0.1, -0.05) is 17.7 Å². The van der Waals surface area contributed by atoms with Crippen molar-refractivity contribution in [2.75, 3.05) is 13.6 Å². The van der Waals surface area contributed by atoms with E-state index in [-0.39, 0.29) is 17.5 Å². The minimum atomic E-state index is -3.58. The maximum Gasteiger partial charge on any atom is 0.244 e. The fourth-order valence-corrected chi connectivity index (χ4v) is 3.79. The Labute approximate surface area is 115 Å². The van der Waals surface area contributed by atoms with Crippen LogP contribution in [0.1, 0.15) is 6.92 Å².